The van der Waals surface area contributed by atoms with Crippen molar-refractivity contribution in [1.82, 2.24) is 5.32 Å². The van der Waals surface area contributed by atoms with Crippen molar-refractivity contribution in [2.24, 2.45) is 0 Å². The molecule has 0 saturated carbocycles. The zero-order chi connectivity index (χ0) is 14.5. The molecule has 1 aromatic carbocycles. The van der Waals surface area contributed by atoms with Gasteiger partial charge in [0.1, 0.15) is 5.75 Å². The van der Waals surface area contributed by atoms with Crippen LogP contribution in [-0.4, -0.2) is 31.3 Å². The van der Waals surface area contributed by atoms with Gasteiger partial charge in [-0.25, -0.2) is 0 Å². The van der Waals surface area contributed by atoms with Crippen LogP contribution in [0.1, 0.15) is 25.3 Å². The van der Waals surface area contributed by atoms with Gasteiger partial charge in [0.15, 0.2) is 6.10 Å². The van der Waals surface area contributed by atoms with E-state index in [1.165, 1.54) is 0 Å². The summed E-state index contributed by atoms with van der Waals surface area (Å²) in [5.74, 6) is 0.514. The third-order valence-electron chi connectivity index (χ3n) is 3.34. The quantitative estimate of drug-likeness (QED) is 0.909. The summed E-state index contributed by atoms with van der Waals surface area (Å²) in [4.78, 5) is 11.9. The summed E-state index contributed by atoms with van der Waals surface area (Å²) in [6, 6.07) is 5.36. The maximum Gasteiger partial charge on any atom is 0.260 e. The lowest BCUT2D eigenvalue weighted by Crippen LogP contribution is -2.40. The zero-order valence-electron chi connectivity index (χ0n) is 11.8. The van der Waals surface area contributed by atoms with E-state index in [-0.39, 0.29) is 12.0 Å². The average molecular weight is 298 g/mol. The number of amides is 1. The number of benzene rings is 1. The van der Waals surface area contributed by atoms with Gasteiger partial charge in [0.2, 0.25) is 0 Å². The lowest BCUT2D eigenvalue weighted by atomic mass is 10.2. The molecule has 0 aromatic heterocycles. The minimum absolute atomic E-state index is 0.131. The minimum atomic E-state index is -0.544. The third-order valence-corrected chi connectivity index (χ3v) is 3.76. The Morgan fingerprint density at radius 3 is 3.05 bits per heavy atom. The van der Waals surface area contributed by atoms with Crippen molar-refractivity contribution in [2.45, 2.75) is 38.9 Å². The number of halogens is 1. The highest BCUT2D eigenvalue weighted by Crippen LogP contribution is 2.21. The molecule has 1 saturated heterocycles. The second-order valence-electron chi connectivity index (χ2n) is 5.05. The van der Waals surface area contributed by atoms with Gasteiger partial charge < -0.3 is 14.8 Å². The molecule has 110 valence electrons. The summed E-state index contributed by atoms with van der Waals surface area (Å²) in [6.45, 7) is 4.97. The largest absolute Gasteiger partial charge is 0.481 e. The molecule has 0 bridgehead atoms. The Hall–Kier alpha value is -1.26. The average Bonchev–Trinajstić information content (AvgIpc) is 2.93. The molecule has 0 spiro atoms. The van der Waals surface area contributed by atoms with E-state index in [1.807, 2.05) is 13.0 Å². The van der Waals surface area contributed by atoms with Crippen LogP contribution in [0.25, 0.3) is 0 Å². The number of ether oxygens (including phenoxy) is 2. The summed E-state index contributed by atoms with van der Waals surface area (Å²) in [7, 11) is 0. The highest BCUT2D eigenvalue weighted by atomic mass is 35.5. The molecule has 5 heteroatoms. The van der Waals surface area contributed by atoms with Crippen LogP contribution >= 0.6 is 11.6 Å². The molecule has 2 unspecified atom stereocenters. The first kappa shape index (κ1) is 15.1. The monoisotopic (exact) mass is 297 g/mol. The van der Waals surface area contributed by atoms with E-state index in [0.717, 1.165) is 25.0 Å². The summed E-state index contributed by atoms with van der Waals surface area (Å²) >= 11 is 5.95. The summed E-state index contributed by atoms with van der Waals surface area (Å²) in [5.41, 5.74) is 0.927. The molecule has 1 heterocycles. The van der Waals surface area contributed by atoms with Gasteiger partial charge >= 0.3 is 0 Å². The normalized spacial score (nSPS) is 19.6. The van der Waals surface area contributed by atoms with Crippen LogP contribution in [0.5, 0.6) is 5.75 Å². The van der Waals surface area contributed by atoms with Crippen molar-refractivity contribution >= 4 is 17.5 Å². The van der Waals surface area contributed by atoms with Gasteiger partial charge in [0.05, 0.1) is 6.10 Å². The highest BCUT2D eigenvalue weighted by Gasteiger charge is 2.19. The number of hydrogen-bond acceptors (Lipinski definition) is 3. The molecule has 0 radical (unpaired) electrons. The first-order chi connectivity index (χ1) is 9.56. The number of aryl methyl sites for hydroxylation is 1. The van der Waals surface area contributed by atoms with Crippen LogP contribution in [0, 0.1) is 6.92 Å². The van der Waals surface area contributed by atoms with E-state index in [1.54, 1.807) is 19.1 Å². The van der Waals surface area contributed by atoms with Crippen molar-refractivity contribution in [1.29, 1.82) is 0 Å². The Labute approximate surface area is 124 Å². The van der Waals surface area contributed by atoms with Crippen molar-refractivity contribution < 1.29 is 14.3 Å². The molecule has 4 nitrogen and oxygen atoms in total. The molecule has 1 amide bonds. The predicted octanol–water partition coefficient (Wildman–Crippen LogP) is 2.71. The Kier molecular flexibility index (Phi) is 5.26. The van der Waals surface area contributed by atoms with Gasteiger partial charge in [0.25, 0.3) is 5.91 Å². The Morgan fingerprint density at radius 1 is 1.60 bits per heavy atom. The maximum absolute atomic E-state index is 11.9. The summed E-state index contributed by atoms with van der Waals surface area (Å²) < 4.78 is 11.1. The lowest BCUT2D eigenvalue weighted by molar-refractivity contribution is -0.127. The molecule has 1 aromatic rings. The van der Waals surface area contributed by atoms with Crippen molar-refractivity contribution in [3.63, 3.8) is 0 Å². The molecule has 20 heavy (non-hydrogen) atoms. The molecule has 1 aliphatic rings. The maximum atomic E-state index is 11.9. The predicted molar refractivity (Wildman–Crippen MR) is 78.3 cm³/mol. The fraction of sp³-hybridized carbons (Fsp3) is 0.533. The van der Waals surface area contributed by atoms with Gasteiger partial charge in [-0.2, -0.15) is 0 Å². The first-order valence-corrected chi connectivity index (χ1v) is 7.26. The molecule has 2 rings (SSSR count). The van der Waals surface area contributed by atoms with Gasteiger partial charge in [-0.3, -0.25) is 4.79 Å². The van der Waals surface area contributed by atoms with E-state index < -0.39 is 6.10 Å². The third kappa shape index (κ3) is 4.12. The summed E-state index contributed by atoms with van der Waals surface area (Å²) in [6.07, 6.45) is 1.67. The molecular weight excluding hydrogens is 278 g/mol. The second kappa shape index (κ2) is 6.95. The second-order valence-corrected chi connectivity index (χ2v) is 5.46. The molecule has 1 aliphatic heterocycles. The van der Waals surface area contributed by atoms with Gasteiger partial charge in [-0.1, -0.05) is 11.6 Å². The number of nitrogens with one attached hydrogen (secondary N) is 1. The number of carbonyl (C=O) groups is 1. The zero-order valence-corrected chi connectivity index (χ0v) is 12.6. The Morgan fingerprint density at radius 2 is 2.40 bits per heavy atom. The smallest absolute Gasteiger partial charge is 0.260 e. The van der Waals surface area contributed by atoms with Crippen LogP contribution in [-0.2, 0) is 9.53 Å². The van der Waals surface area contributed by atoms with Crippen molar-refractivity contribution in [2.75, 3.05) is 13.2 Å². The van der Waals surface area contributed by atoms with Gasteiger partial charge in [-0.05, 0) is 50.5 Å². The van der Waals surface area contributed by atoms with Crippen LogP contribution in [0.15, 0.2) is 18.2 Å². The van der Waals surface area contributed by atoms with Crippen LogP contribution in [0.3, 0.4) is 0 Å². The van der Waals surface area contributed by atoms with Gasteiger partial charge in [0, 0.05) is 18.2 Å². The van der Waals surface area contributed by atoms with E-state index in [9.17, 15) is 4.79 Å². The molecular formula is C15H20ClNO3. The van der Waals surface area contributed by atoms with Gasteiger partial charge in [-0.15, -0.1) is 0 Å². The van der Waals surface area contributed by atoms with E-state index in [4.69, 9.17) is 21.1 Å². The van der Waals surface area contributed by atoms with E-state index >= 15 is 0 Å². The molecule has 1 fully saturated rings. The van der Waals surface area contributed by atoms with Crippen LogP contribution < -0.4 is 10.1 Å². The van der Waals surface area contributed by atoms with E-state index in [2.05, 4.69) is 5.32 Å². The van der Waals surface area contributed by atoms with Crippen molar-refractivity contribution in [3.8, 4) is 5.75 Å². The van der Waals surface area contributed by atoms with Crippen LogP contribution in [0.2, 0.25) is 5.02 Å². The fourth-order valence-corrected chi connectivity index (χ4v) is 2.23. The Bertz CT molecular complexity index is 472. The highest BCUT2D eigenvalue weighted by molar-refractivity contribution is 6.31. The molecule has 0 aliphatic carbocycles. The fourth-order valence-electron chi connectivity index (χ4n) is 2.11. The minimum Gasteiger partial charge on any atom is -0.481 e. The van der Waals surface area contributed by atoms with Crippen molar-refractivity contribution in [3.05, 3.63) is 28.8 Å². The molecule has 2 atom stereocenters. The standard InChI is InChI=1S/C15H20ClNO3/c1-10-8-12(5-6-14(10)16)20-11(2)15(18)17-9-13-4-3-7-19-13/h5-6,8,11,13H,3-4,7,9H2,1-2H3,(H,17,18). The SMILES string of the molecule is Cc1cc(OC(C)C(=O)NCC2CCCO2)ccc1Cl. The topological polar surface area (TPSA) is 47.6 Å². The number of rotatable bonds is 5. The first-order valence-electron chi connectivity index (χ1n) is 6.88. The lowest BCUT2D eigenvalue weighted by Gasteiger charge is -2.17. The summed E-state index contributed by atoms with van der Waals surface area (Å²) in [5, 5.41) is 3.54. The van der Waals surface area contributed by atoms with Crippen LogP contribution in [0.4, 0.5) is 0 Å². The Balaban J connectivity index is 1.81. The van der Waals surface area contributed by atoms with E-state index in [0.29, 0.717) is 17.3 Å². The number of hydrogen-bond donors (Lipinski definition) is 1. The number of carbonyl (C=O) groups excluding carboxylic acids is 1. The molecule has 1 N–H and O–H groups in total.